The molecule has 37 heavy (non-hydrogen) atoms. The fourth-order valence-electron chi connectivity index (χ4n) is 3.45. The molecule has 4 rings (SSSR count). The zero-order valence-electron chi connectivity index (χ0n) is 20.6. The second-order valence-electron chi connectivity index (χ2n) is 7.94. The lowest BCUT2D eigenvalue weighted by atomic mass is 10.1. The lowest BCUT2D eigenvalue weighted by Gasteiger charge is -2.14. The molecule has 4 aromatic rings. The number of aromatic nitrogens is 2. The maximum absolute atomic E-state index is 12.6. The topological polar surface area (TPSA) is 112 Å². The van der Waals surface area contributed by atoms with Crippen LogP contribution in [0.25, 0.3) is 0 Å². The van der Waals surface area contributed by atoms with Crippen molar-refractivity contribution in [1.29, 1.82) is 0 Å². The van der Waals surface area contributed by atoms with Gasteiger partial charge in [-0.2, -0.15) is 0 Å². The minimum atomic E-state index is -0.398. The zero-order chi connectivity index (χ0) is 26.2. The van der Waals surface area contributed by atoms with Gasteiger partial charge < -0.3 is 24.8 Å². The molecule has 190 valence electrons. The Balaban J connectivity index is 1.30. The number of amides is 2. The minimum Gasteiger partial charge on any atom is -0.493 e. The summed E-state index contributed by atoms with van der Waals surface area (Å²) in [7, 11) is 3.11. The Kier molecular flexibility index (Phi) is 8.32. The molecular formula is C27H26N4O5S. The number of carbonyl (C=O) groups is 2. The van der Waals surface area contributed by atoms with Crippen molar-refractivity contribution < 1.29 is 23.8 Å². The van der Waals surface area contributed by atoms with Crippen molar-refractivity contribution in [3.8, 4) is 17.2 Å². The van der Waals surface area contributed by atoms with Crippen LogP contribution in [-0.2, 0) is 6.61 Å². The Morgan fingerprint density at radius 3 is 2.32 bits per heavy atom. The van der Waals surface area contributed by atoms with Gasteiger partial charge in [-0.3, -0.25) is 9.59 Å². The first-order valence-electron chi connectivity index (χ1n) is 11.4. The van der Waals surface area contributed by atoms with Gasteiger partial charge in [0.05, 0.1) is 20.3 Å². The van der Waals surface area contributed by atoms with Crippen LogP contribution < -0.4 is 24.8 Å². The van der Waals surface area contributed by atoms with E-state index >= 15 is 0 Å². The highest BCUT2D eigenvalue weighted by Crippen LogP contribution is 2.31. The van der Waals surface area contributed by atoms with Crippen molar-refractivity contribution in [1.82, 2.24) is 15.5 Å². The van der Waals surface area contributed by atoms with Gasteiger partial charge in [-0.25, -0.2) is 0 Å². The third kappa shape index (κ3) is 6.62. The van der Waals surface area contributed by atoms with E-state index in [2.05, 4.69) is 20.8 Å². The van der Waals surface area contributed by atoms with E-state index in [1.807, 2.05) is 37.3 Å². The summed E-state index contributed by atoms with van der Waals surface area (Å²) >= 11 is 1.13. The maximum Gasteiger partial charge on any atom is 0.286 e. The van der Waals surface area contributed by atoms with Crippen molar-refractivity contribution in [3.05, 3.63) is 93.9 Å². The van der Waals surface area contributed by atoms with E-state index in [-0.39, 0.29) is 23.6 Å². The van der Waals surface area contributed by atoms with Crippen LogP contribution in [0.4, 0.5) is 5.69 Å². The van der Waals surface area contributed by atoms with Crippen molar-refractivity contribution in [3.63, 3.8) is 0 Å². The maximum atomic E-state index is 12.6. The van der Waals surface area contributed by atoms with Crippen LogP contribution in [-0.4, -0.2) is 36.2 Å². The van der Waals surface area contributed by atoms with Crippen molar-refractivity contribution in [2.45, 2.75) is 19.6 Å². The second-order valence-corrected chi connectivity index (χ2v) is 9.01. The van der Waals surface area contributed by atoms with Gasteiger partial charge in [-0.05, 0) is 48.9 Å². The number of nitrogens with zero attached hydrogens (tertiary/aromatic N) is 2. The number of nitrogens with one attached hydrogen (secondary N) is 2. The number of methoxy groups -OCH3 is 2. The van der Waals surface area contributed by atoms with E-state index in [0.717, 1.165) is 16.9 Å². The summed E-state index contributed by atoms with van der Waals surface area (Å²) < 4.78 is 16.2. The molecule has 1 aromatic heterocycles. The lowest BCUT2D eigenvalue weighted by molar-refractivity contribution is 0.0939. The highest BCUT2D eigenvalue weighted by Gasteiger charge is 2.15. The highest BCUT2D eigenvalue weighted by molar-refractivity contribution is 7.13. The number of anilines is 1. The van der Waals surface area contributed by atoms with Gasteiger partial charge in [0.1, 0.15) is 12.4 Å². The molecule has 0 aliphatic carbocycles. The quantitative estimate of drug-likeness (QED) is 0.308. The molecule has 0 bridgehead atoms. The molecule has 0 fully saturated rings. The summed E-state index contributed by atoms with van der Waals surface area (Å²) in [6.07, 6.45) is 0. The largest absolute Gasteiger partial charge is 0.493 e. The van der Waals surface area contributed by atoms with Crippen LogP contribution in [0.1, 0.15) is 43.7 Å². The van der Waals surface area contributed by atoms with Gasteiger partial charge in [-0.1, -0.05) is 41.7 Å². The minimum absolute atomic E-state index is 0.129. The van der Waals surface area contributed by atoms with E-state index in [1.165, 1.54) is 0 Å². The molecule has 0 unspecified atom stereocenters. The normalized spacial score (nSPS) is 11.3. The summed E-state index contributed by atoms with van der Waals surface area (Å²) in [5.41, 5.74) is 2.05. The molecule has 2 N–H and O–H groups in total. The first-order chi connectivity index (χ1) is 18.0. The fourth-order valence-corrected chi connectivity index (χ4v) is 4.10. The predicted molar refractivity (Wildman–Crippen MR) is 141 cm³/mol. The van der Waals surface area contributed by atoms with Crippen LogP contribution in [0, 0.1) is 0 Å². The molecule has 0 radical (unpaired) electrons. The molecule has 0 spiro atoms. The van der Waals surface area contributed by atoms with Crippen LogP contribution in [0.15, 0.2) is 72.8 Å². The summed E-state index contributed by atoms with van der Waals surface area (Å²) in [6, 6.07) is 21.4. The smallest absolute Gasteiger partial charge is 0.286 e. The predicted octanol–water partition coefficient (Wildman–Crippen LogP) is 4.88. The van der Waals surface area contributed by atoms with Gasteiger partial charge in [0.2, 0.25) is 5.01 Å². The molecule has 0 aliphatic heterocycles. The van der Waals surface area contributed by atoms with Crippen LogP contribution >= 0.6 is 11.3 Å². The standard InChI is InChI=1S/C27H26N4O5S/c1-17(18-7-5-4-6-8-18)28-25(32)19-9-11-20(12-10-19)29-26(33)27-31-30-24(37-27)16-36-21-13-14-22(34-2)23(15-21)35-3/h4-15,17H,16H2,1-3H3,(H,28,32)(H,29,33)/t17-/m0/s1. The molecular weight excluding hydrogens is 492 g/mol. The number of rotatable bonds is 10. The first-order valence-corrected chi connectivity index (χ1v) is 12.2. The Labute approximate surface area is 218 Å². The van der Waals surface area contributed by atoms with E-state index in [9.17, 15) is 9.59 Å². The zero-order valence-corrected chi connectivity index (χ0v) is 21.4. The number of ether oxygens (including phenoxy) is 3. The fraction of sp³-hybridized carbons (Fsp3) is 0.185. The van der Waals surface area contributed by atoms with Gasteiger partial charge in [0.15, 0.2) is 16.5 Å². The monoisotopic (exact) mass is 518 g/mol. The third-order valence-electron chi connectivity index (χ3n) is 5.43. The van der Waals surface area contributed by atoms with Crippen LogP contribution in [0.2, 0.25) is 0 Å². The Hall–Kier alpha value is -4.44. The van der Waals surface area contributed by atoms with E-state index < -0.39 is 5.91 Å². The number of carbonyl (C=O) groups excluding carboxylic acids is 2. The highest BCUT2D eigenvalue weighted by atomic mass is 32.1. The van der Waals surface area contributed by atoms with Gasteiger partial charge in [0, 0.05) is 17.3 Å². The van der Waals surface area contributed by atoms with Crippen LogP contribution in [0.5, 0.6) is 17.2 Å². The summed E-state index contributed by atoms with van der Waals surface area (Å²) in [5.74, 6) is 1.12. The SMILES string of the molecule is COc1ccc(OCc2nnc(C(=O)Nc3ccc(C(=O)N[C@@H](C)c4ccccc4)cc3)s2)cc1OC. The van der Waals surface area contributed by atoms with Crippen molar-refractivity contribution in [2.24, 2.45) is 0 Å². The number of benzene rings is 3. The molecule has 0 aliphatic rings. The van der Waals surface area contributed by atoms with Gasteiger partial charge >= 0.3 is 0 Å². The molecule has 2 amide bonds. The van der Waals surface area contributed by atoms with E-state index in [1.54, 1.807) is 56.7 Å². The summed E-state index contributed by atoms with van der Waals surface area (Å²) in [5, 5.41) is 14.5. The number of hydrogen-bond acceptors (Lipinski definition) is 8. The Morgan fingerprint density at radius 1 is 0.892 bits per heavy atom. The van der Waals surface area contributed by atoms with Crippen molar-refractivity contribution in [2.75, 3.05) is 19.5 Å². The molecule has 3 aromatic carbocycles. The average Bonchev–Trinajstić information content (AvgIpc) is 3.42. The number of hydrogen-bond donors (Lipinski definition) is 2. The molecule has 9 nitrogen and oxygen atoms in total. The van der Waals surface area contributed by atoms with Gasteiger partial charge in [0.25, 0.3) is 11.8 Å². The molecule has 0 saturated heterocycles. The first kappa shape index (κ1) is 25.6. The summed E-state index contributed by atoms with van der Waals surface area (Å²) in [4.78, 5) is 25.2. The molecule has 1 atom stereocenters. The third-order valence-corrected chi connectivity index (χ3v) is 6.33. The average molecular weight is 519 g/mol. The second kappa shape index (κ2) is 12.0. The van der Waals surface area contributed by atoms with E-state index in [4.69, 9.17) is 14.2 Å². The van der Waals surface area contributed by atoms with Gasteiger partial charge in [-0.15, -0.1) is 10.2 Å². The van der Waals surface area contributed by atoms with Crippen molar-refractivity contribution >= 4 is 28.8 Å². The Bertz CT molecular complexity index is 1360. The molecule has 1 heterocycles. The molecule has 10 heteroatoms. The lowest BCUT2D eigenvalue weighted by Crippen LogP contribution is -2.26. The summed E-state index contributed by atoms with van der Waals surface area (Å²) in [6.45, 7) is 2.07. The molecule has 0 saturated carbocycles. The van der Waals surface area contributed by atoms with E-state index in [0.29, 0.717) is 33.5 Å². The Morgan fingerprint density at radius 2 is 1.62 bits per heavy atom. The van der Waals surface area contributed by atoms with Crippen LogP contribution in [0.3, 0.4) is 0 Å².